The van der Waals surface area contributed by atoms with E-state index in [4.69, 9.17) is 5.73 Å². The molecule has 1 aromatic heterocycles. The van der Waals surface area contributed by atoms with E-state index in [2.05, 4.69) is 14.9 Å². The molecule has 3 N–H and O–H groups in total. The first kappa shape index (κ1) is 11.8. The molecule has 1 heterocycles. The van der Waals surface area contributed by atoms with E-state index in [1.807, 2.05) is 6.92 Å². The Hall–Kier alpha value is -1.67. The Morgan fingerprint density at radius 2 is 2.18 bits per heavy atom. The van der Waals surface area contributed by atoms with Gasteiger partial charge in [0.15, 0.2) is 0 Å². The highest BCUT2D eigenvalue weighted by Gasteiger charge is 2.16. The van der Waals surface area contributed by atoms with Gasteiger partial charge in [-0.25, -0.2) is 8.42 Å². The average Bonchev–Trinajstić information content (AvgIpc) is 2.73. The summed E-state index contributed by atoms with van der Waals surface area (Å²) in [6.07, 6.45) is 0. The zero-order valence-corrected chi connectivity index (χ0v) is 10.5. The normalized spacial score (nSPS) is 11.4. The van der Waals surface area contributed by atoms with Gasteiger partial charge in [-0.1, -0.05) is 17.4 Å². The topological polar surface area (TPSA) is 98.0 Å². The third-order valence-corrected chi connectivity index (χ3v) is 4.22. The Labute approximate surface area is 103 Å². The Bertz CT molecular complexity index is 622. The molecule has 8 heteroatoms. The lowest BCUT2D eigenvalue weighted by atomic mass is 10.2. The number of aryl methyl sites for hydroxylation is 1. The summed E-state index contributed by atoms with van der Waals surface area (Å²) in [5.74, 6) is 0. The Balaban J connectivity index is 2.35. The summed E-state index contributed by atoms with van der Waals surface area (Å²) in [4.78, 5) is 0.107. The molecule has 0 amide bonds. The first-order chi connectivity index (χ1) is 7.99. The summed E-state index contributed by atoms with van der Waals surface area (Å²) in [6, 6.07) is 4.57. The number of rotatable bonds is 3. The second kappa shape index (κ2) is 4.30. The van der Waals surface area contributed by atoms with E-state index in [0.29, 0.717) is 5.69 Å². The van der Waals surface area contributed by atoms with E-state index in [0.717, 1.165) is 16.9 Å². The predicted octanol–water partition coefficient (Wildman–Crippen LogP) is 1.23. The van der Waals surface area contributed by atoms with Crippen molar-refractivity contribution in [3.05, 3.63) is 29.3 Å². The van der Waals surface area contributed by atoms with Gasteiger partial charge in [-0.2, -0.15) is 0 Å². The molecule has 0 saturated heterocycles. The fourth-order valence-electron chi connectivity index (χ4n) is 1.18. The van der Waals surface area contributed by atoms with Crippen LogP contribution in [0.2, 0.25) is 0 Å². The molecule has 0 fully saturated rings. The first-order valence-corrected chi connectivity index (χ1v) is 7.00. The molecule has 0 radical (unpaired) electrons. The molecule has 6 nitrogen and oxygen atoms in total. The standard InChI is InChI=1S/C9H10N4O2S2/c1-6-2-3-7(4-8(6)10)17(14,15)13-9-12-11-5-16-9/h2-5H,10H2,1H3,(H,12,13). The fraction of sp³-hybridized carbons (Fsp3) is 0.111. The first-order valence-electron chi connectivity index (χ1n) is 4.64. The van der Waals surface area contributed by atoms with Gasteiger partial charge in [-0.15, -0.1) is 10.2 Å². The number of nitrogens with zero attached hydrogens (tertiary/aromatic N) is 2. The molecular formula is C9H10N4O2S2. The van der Waals surface area contributed by atoms with Crippen molar-refractivity contribution in [3.63, 3.8) is 0 Å². The Morgan fingerprint density at radius 1 is 1.41 bits per heavy atom. The number of aromatic nitrogens is 2. The number of hydrogen-bond donors (Lipinski definition) is 2. The Kier molecular flexibility index (Phi) is 2.99. The van der Waals surface area contributed by atoms with Crippen LogP contribution >= 0.6 is 11.3 Å². The maximum atomic E-state index is 11.9. The van der Waals surface area contributed by atoms with Crippen LogP contribution in [-0.4, -0.2) is 18.6 Å². The second-order valence-electron chi connectivity index (χ2n) is 3.37. The summed E-state index contributed by atoms with van der Waals surface area (Å²) in [6.45, 7) is 1.81. The number of benzene rings is 1. The number of nitrogens with two attached hydrogens (primary N) is 1. The van der Waals surface area contributed by atoms with Gasteiger partial charge in [-0.3, -0.25) is 4.72 Å². The van der Waals surface area contributed by atoms with Crippen molar-refractivity contribution in [1.29, 1.82) is 0 Å². The summed E-state index contributed by atoms with van der Waals surface area (Å²) in [5, 5.41) is 7.39. The van der Waals surface area contributed by atoms with Gasteiger partial charge in [-0.05, 0) is 24.6 Å². The van der Waals surface area contributed by atoms with Gasteiger partial charge in [0.1, 0.15) is 5.51 Å². The molecule has 1 aromatic carbocycles. The molecule has 0 aliphatic rings. The van der Waals surface area contributed by atoms with Crippen LogP contribution in [0.25, 0.3) is 0 Å². The number of nitrogen functional groups attached to an aromatic ring is 1. The SMILES string of the molecule is Cc1ccc(S(=O)(=O)Nc2nncs2)cc1N. The van der Waals surface area contributed by atoms with Crippen LogP contribution in [0.4, 0.5) is 10.8 Å². The quantitative estimate of drug-likeness (QED) is 0.817. The van der Waals surface area contributed by atoms with E-state index < -0.39 is 10.0 Å². The van der Waals surface area contributed by atoms with E-state index in [1.54, 1.807) is 6.07 Å². The average molecular weight is 270 g/mol. The van der Waals surface area contributed by atoms with Gasteiger partial charge in [0.2, 0.25) is 5.13 Å². The van der Waals surface area contributed by atoms with Gasteiger partial charge in [0.05, 0.1) is 4.90 Å². The molecule has 90 valence electrons. The summed E-state index contributed by atoms with van der Waals surface area (Å²) < 4.78 is 26.2. The van der Waals surface area contributed by atoms with Gasteiger partial charge < -0.3 is 5.73 Å². The highest BCUT2D eigenvalue weighted by atomic mass is 32.2. The third kappa shape index (κ3) is 2.53. The maximum Gasteiger partial charge on any atom is 0.263 e. The van der Waals surface area contributed by atoms with Crippen LogP contribution in [0.1, 0.15) is 5.56 Å². The maximum absolute atomic E-state index is 11.9. The smallest absolute Gasteiger partial charge is 0.263 e. The van der Waals surface area contributed by atoms with Crippen molar-refractivity contribution in [2.45, 2.75) is 11.8 Å². The lowest BCUT2D eigenvalue weighted by Gasteiger charge is -2.06. The molecule has 17 heavy (non-hydrogen) atoms. The largest absolute Gasteiger partial charge is 0.398 e. The number of sulfonamides is 1. The van der Waals surface area contributed by atoms with Crippen molar-refractivity contribution >= 4 is 32.2 Å². The zero-order valence-electron chi connectivity index (χ0n) is 8.91. The lowest BCUT2D eigenvalue weighted by Crippen LogP contribution is -2.13. The number of nitrogens with one attached hydrogen (secondary N) is 1. The lowest BCUT2D eigenvalue weighted by molar-refractivity contribution is 0.601. The van der Waals surface area contributed by atoms with E-state index in [1.165, 1.54) is 17.6 Å². The van der Waals surface area contributed by atoms with Crippen molar-refractivity contribution in [1.82, 2.24) is 10.2 Å². The third-order valence-electron chi connectivity index (χ3n) is 2.14. The molecule has 0 saturated carbocycles. The van der Waals surface area contributed by atoms with Gasteiger partial charge >= 0.3 is 0 Å². The van der Waals surface area contributed by atoms with Crippen LogP contribution in [-0.2, 0) is 10.0 Å². The highest BCUT2D eigenvalue weighted by Crippen LogP contribution is 2.20. The van der Waals surface area contributed by atoms with Crippen LogP contribution in [0.3, 0.4) is 0 Å². The van der Waals surface area contributed by atoms with E-state index in [9.17, 15) is 8.42 Å². The molecule has 0 atom stereocenters. The van der Waals surface area contributed by atoms with Gasteiger partial charge in [0, 0.05) is 5.69 Å². The minimum atomic E-state index is -3.64. The van der Waals surface area contributed by atoms with Crippen LogP contribution in [0, 0.1) is 6.92 Å². The van der Waals surface area contributed by atoms with Crippen LogP contribution in [0.15, 0.2) is 28.6 Å². The number of anilines is 2. The molecule has 2 aromatic rings. The Morgan fingerprint density at radius 3 is 2.76 bits per heavy atom. The molecule has 0 unspecified atom stereocenters. The summed E-state index contributed by atoms with van der Waals surface area (Å²) in [7, 11) is -3.64. The monoisotopic (exact) mass is 270 g/mol. The molecule has 0 aliphatic carbocycles. The predicted molar refractivity (Wildman–Crippen MR) is 66.3 cm³/mol. The molecular weight excluding hydrogens is 260 g/mol. The molecule has 0 bridgehead atoms. The van der Waals surface area contributed by atoms with Crippen molar-refractivity contribution in [2.75, 3.05) is 10.5 Å². The summed E-state index contributed by atoms with van der Waals surface area (Å²) in [5.41, 5.74) is 8.39. The minimum absolute atomic E-state index is 0.107. The highest BCUT2D eigenvalue weighted by molar-refractivity contribution is 7.93. The van der Waals surface area contributed by atoms with Crippen LogP contribution < -0.4 is 10.5 Å². The van der Waals surface area contributed by atoms with Crippen LogP contribution in [0.5, 0.6) is 0 Å². The van der Waals surface area contributed by atoms with Gasteiger partial charge in [0.25, 0.3) is 10.0 Å². The van der Waals surface area contributed by atoms with Crippen molar-refractivity contribution < 1.29 is 8.42 Å². The minimum Gasteiger partial charge on any atom is -0.398 e. The fourth-order valence-corrected chi connectivity index (χ4v) is 2.90. The van der Waals surface area contributed by atoms with Crippen molar-refractivity contribution in [3.8, 4) is 0 Å². The molecule has 0 aliphatic heterocycles. The number of hydrogen-bond acceptors (Lipinski definition) is 6. The molecule has 2 rings (SSSR count). The molecule has 0 spiro atoms. The second-order valence-corrected chi connectivity index (χ2v) is 5.88. The van der Waals surface area contributed by atoms with E-state index >= 15 is 0 Å². The van der Waals surface area contributed by atoms with E-state index in [-0.39, 0.29) is 10.0 Å². The summed E-state index contributed by atoms with van der Waals surface area (Å²) >= 11 is 1.11. The zero-order chi connectivity index (χ0) is 12.5. The van der Waals surface area contributed by atoms with Crippen molar-refractivity contribution in [2.24, 2.45) is 0 Å².